The molecule has 0 aliphatic carbocycles. The van der Waals surface area contributed by atoms with Gasteiger partial charge in [-0.3, -0.25) is 14.2 Å². The van der Waals surface area contributed by atoms with Crippen molar-refractivity contribution < 1.29 is 4.79 Å². The molecule has 178 valence electrons. The number of carbonyl (C=O) groups is 1. The summed E-state index contributed by atoms with van der Waals surface area (Å²) in [5.41, 5.74) is 16.1. The van der Waals surface area contributed by atoms with Gasteiger partial charge in [-0.25, -0.2) is 0 Å². The Kier molecular flexibility index (Phi) is 6.51. The zero-order valence-corrected chi connectivity index (χ0v) is 21.0. The molecule has 0 bridgehead atoms. The molecule has 1 aliphatic rings. The van der Waals surface area contributed by atoms with Crippen LogP contribution in [0, 0.1) is 11.3 Å². The number of nitrogens with zero attached hydrogens (tertiary/aromatic N) is 2. The molecule has 0 spiro atoms. The average Bonchev–Trinajstić information content (AvgIpc) is 3.14. The summed E-state index contributed by atoms with van der Waals surface area (Å²) in [4.78, 5) is 26.1. The first-order valence-corrected chi connectivity index (χ1v) is 12.3. The van der Waals surface area contributed by atoms with Gasteiger partial charge in [0.2, 0.25) is 5.91 Å². The van der Waals surface area contributed by atoms with Crippen LogP contribution in [0.2, 0.25) is 0 Å². The molecule has 1 amide bonds. The molecule has 1 aliphatic heterocycles. The molecule has 0 fully saturated rings. The zero-order chi connectivity index (χ0) is 25.4. The Bertz CT molecular complexity index is 1550. The third-order valence-corrected chi connectivity index (χ3v) is 7.48. The van der Waals surface area contributed by atoms with E-state index in [1.54, 1.807) is 6.08 Å². The second-order valence-corrected chi connectivity index (χ2v) is 10.4. The van der Waals surface area contributed by atoms with E-state index in [4.69, 9.17) is 11.5 Å². The second kappa shape index (κ2) is 9.40. The van der Waals surface area contributed by atoms with Crippen LogP contribution in [0.4, 0.5) is 0 Å². The van der Waals surface area contributed by atoms with E-state index < -0.39 is 11.8 Å². The summed E-state index contributed by atoms with van der Waals surface area (Å²) in [5.74, 6) is -0.666. The van der Waals surface area contributed by atoms with Crippen molar-refractivity contribution in [1.82, 2.24) is 4.57 Å². The van der Waals surface area contributed by atoms with E-state index in [0.29, 0.717) is 21.0 Å². The summed E-state index contributed by atoms with van der Waals surface area (Å²) in [6.07, 6.45) is 1.77. The number of primary amides is 1. The summed E-state index contributed by atoms with van der Waals surface area (Å²) >= 11 is 1.16. The van der Waals surface area contributed by atoms with E-state index in [-0.39, 0.29) is 22.5 Å². The van der Waals surface area contributed by atoms with Gasteiger partial charge in [0.05, 0.1) is 27.7 Å². The number of allylic oxidation sites excluding steroid dienone is 1. The van der Waals surface area contributed by atoms with Crippen LogP contribution in [0.3, 0.4) is 0 Å². The van der Waals surface area contributed by atoms with E-state index in [9.17, 15) is 14.9 Å². The molecule has 0 unspecified atom stereocenters. The molecule has 0 saturated heterocycles. The molecule has 1 atom stereocenters. The molecule has 2 aromatic carbocycles. The van der Waals surface area contributed by atoms with Crippen molar-refractivity contribution in [2.75, 3.05) is 0 Å². The van der Waals surface area contributed by atoms with Gasteiger partial charge >= 0.3 is 0 Å². The van der Waals surface area contributed by atoms with Gasteiger partial charge in [0, 0.05) is 0 Å². The minimum absolute atomic E-state index is 0.0292. The van der Waals surface area contributed by atoms with Gasteiger partial charge in [0.1, 0.15) is 10.5 Å². The Morgan fingerprint density at radius 3 is 2.06 bits per heavy atom. The van der Waals surface area contributed by atoms with Gasteiger partial charge in [-0.05, 0) is 40.2 Å². The van der Waals surface area contributed by atoms with E-state index in [1.807, 2.05) is 48.5 Å². The molecule has 2 heterocycles. The molecule has 0 saturated carbocycles. The van der Waals surface area contributed by atoms with Crippen LogP contribution in [0.1, 0.15) is 67.7 Å². The molecular weight excluding hydrogens is 456 g/mol. The Balaban J connectivity index is 1.97. The monoisotopic (exact) mass is 484 g/mol. The number of hydrogen-bond donors (Lipinski definition) is 2. The first-order chi connectivity index (χ1) is 16.6. The topological polar surface area (TPSA) is 115 Å². The summed E-state index contributed by atoms with van der Waals surface area (Å²) in [6.45, 7) is 8.42. The zero-order valence-electron chi connectivity index (χ0n) is 20.2. The number of nitriles is 1. The van der Waals surface area contributed by atoms with Crippen LogP contribution in [-0.4, -0.2) is 10.5 Å². The number of hydrogen-bond acceptors (Lipinski definition) is 5. The Hall–Kier alpha value is -3.89. The quantitative estimate of drug-likeness (QED) is 0.579. The summed E-state index contributed by atoms with van der Waals surface area (Å²) in [6, 6.07) is 17.8. The molecule has 7 heteroatoms. The number of carbonyl (C=O) groups excluding carboxylic acids is 1. The molecule has 1 aromatic heterocycles. The fourth-order valence-corrected chi connectivity index (χ4v) is 5.50. The van der Waals surface area contributed by atoms with Crippen LogP contribution >= 0.6 is 11.3 Å². The van der Waals surface area contributed by atoms with Crippen molar-refractivity contribution in [3.8, 4) is 6.07 Å². The Morgan fingerprint density at radius 2 is 1.57 bits per heavy atom. The van der Waals surface area contributed by atoms with Crippen LogP contribution in [-0.2, 0) is 4.79 Å². The molecule has 35 heavy (non-hydrogen) atoms. The normalized spacial score (nSPS) is 16.1. The van der Waals surface area contributed by atoms with Crippen LogP contribution < -0.4 is 26.2 Å². The third-order valence-electron chi connectivity index (χ3n) is 6.37. The van der Waals surface area contributed by atoms with E-state index in [0.717, 1.165) is 28.0 Å². The van der Waals surface area contributed by atoms with Crippen molar-refractivity contribution in [1.29, 1.82) is 5.26 Å². The number of fused-ring (bicyclic) bond motifs is 1. The Morgan fingerprint density at radius 1 is 1.03 bits per heavy atom. The number of nitrogens with two attached hydrogens (primary N) is 2. The minimum Gasteiger partial charge on any atom is -0.384 e. The summed E-state index contributed by atoms with van der Waals surface area (Å²) in [7, 11) is 0. The SMILES string of the molecule is CC(C)c1ccc(C=c2sc3n(c2=O)C(N)=C(C#N)[C@H](c2ccc(C(C)C)cc2)C=3C(N)=O)cc1. The van der Waals surface area contributed by atoms with Gasteiger partial charge in [0.25, 0.3) is 5.56 Å². The average molecular weight is 485 g/mol. The smallest absolute Gasteiger partial charge is 0.274 e. The van der Waals surface area contributed by atoms with E-state index in [2.05, 4.69) is 33.8 Å². The summed E-state index contributed by atoms with van der Waals surface area (Å²) in [5, 5.41) is 9.99. The summed E-state index contributed by atoms with van der Waals surface area (Å²) < 4.78 is 2.02. The fraction of sp³-hybridized carbons (Fsp3) is 0.250. The molecular formula is C28H28N4O2S. The molecule has 0 radical (unpaired) electrons. The molecule has 4 N–H and O–H groups in total. The maximum absolute atomic E-state index is 13.3. The lowest BCUT2D eigenvalue weighted by molar-refractivity contribution is -0.113. The van der Waals surface area contributed by atoms with Crippen LogP contribution in [0.15, 0.2) is 58.9 Å². The van der Waals surface area contributed by atoms with Gasteiger partial charge in [0.15, 0.2) is 0 Å². The predicted octanol–water partition coefficient (Wildman–Crippen LogP) is 3.07. The standard InChI is InChI=1S/C28H28N4O2S/c1-15(2)18-7-5-17(6-8-18)13-22-27(34)32-25(30)21(14-29)23(24(26(31)33)28(32)35-22)20-11-9-19(10-12-20)16(3)4/h5-13,15-16,23H,30H2,1-4H3,(H2,31,33)/t23-/m0/s1. The van der Waals surface area contributed by atoms with Gasteiger partial charge in [-0.2, -0.15) is 5.26 Å². The van der Waals surface area contributed by atoms with Crippen molar-refractivity contribution >= 4 is 34.7 Å². The maximum Gasteiger partial charge on any atom is 0.274 e. The number of aromatic nitrogens is 1. The highest BCUT2D eigenvalue weighted by Gasteiger charge is 2.34. The number of benzene rings is 2. The van der Waals surface area contributed by atoms with Crippen molar-refractivity contribution in [2.45, 2.75) is 45.4 Å². The largest absolute Gasteiger partial charge is 0.384 e. The first kappa shape index (κ1) is 24.2. The van der Waals surface area contributed by atoms with Crippen LogP contribution in [0.25, 0.3) is 17.5 Å². The molecule has 3 aromatic rings. The van der Waals surface area contributed by atoms with Gasteiger partial charge < -0.3 is 11.5 Å². The maximum atomic E-state index is 13.3. The van der Waals surface area contributed by atoms with Crippen molar-refractivity contribution in [3.05, 3.63) is 95.9 Å². The van der Waals surface area contributed by atoms with E-state index in [1.165, 1.54) is 10.1 Å². The van der Waals surface area contributed by atoms with Gasteiger partial charge in [-0.1, -0.05) is 76.2 Å². The first-order valence-electron chi connectivity index (χ1n) is 11.5. The predicted molar refractivity (Wildman–Crippen MR) is 141 cm³/mol. The number of rotatable bonds is 5. The van der Waals surface area contributed by atoms with Crippen LogP contribution in [0.5, 0.6) is 0 Å². The highest BCUT2D eigenvalue weighted by Crippen LogP contribution is 2.36. The van der Waals surface area contributed by atoms with E-state index >= 15 is 0 Å². The third kappa shape index (κ3) is 4.33. The molecule has 6 nitrogen and oxygen atoms in total. The van der Waals surface area contributed by atoms with Gasteiger partial charge in [-0.15, -0.1) is 11.3 Å². The van der Waals surface area contributed by atoms with Crippen molar-refractivity contribution in [3.63, 3.8) is 0 Å². The number of thiazole rings is 1. The lowest BCUT2D eigenvalue weighted by Crippen LogP contribution is -2.41. The fourth-order valence-electron chi connectivity index (χ4n) is 4.32. The lowest BCUT2D eigenvalue weighted by atomic mass is 9.83. The minimum atomic E-state index is -0.741. The molecule has 4 rings (SSSR count). The highest BCUT2D eigenvalue weighted by molar-refractivity contribution is 7.07. The highest BCUT2D eigenvalue weighted by atomic mass is 32.1. The number of amides is 1. The van der Waals surface area contributed by atoms with Crippen molar-refractivity contribution in [2.24, 2.45) is 11.5 Å². The Labute approximate surface area is 208 Å². The second-order valence-electron chi connectivity index (χ2n) is 9.32. The lowest BCUT2D eigenvalue weighted by Gasteiger charge is -2.24.